The van der Waals surface area contributed by atoms with E-state index in [0.29, 0.717) is 5.56 Å². The van der Waals surface area contributed by atoms with Gasteiger partial charge in [-0.3, -0.25) is 9.17 Å². The minimum Gasteiger partial charge on any atom is -0.270 e. The summed E-state index contributed by atoms with van der Waals surface area (Å²) in [5.74, 6) is -0.0939. The Kier molecular flexibility index (Phi) is 3.39. The normalized spacial score (nSPS) is 11.5. The Morgan fingerprint density at radius 2 is 2.00 bits per heavy atom. The lowest BCUT2D eigenvalue weighted by Crippen LogP contribution is -2.08. The van der Waals surface area contributed by atoms with E-state index < -0.39 is 10.1 Å². The zero-order valence-electron chi connectivity index (χ0n) is 7.30. The van der Waals surface area contributed by atoms with E-state index in [1.165, 1.54) is 0 Å². The summed E-state index contributed by atoms with van der Waals surface area (Å²) < 4.78 is 26.9. The summed E-state index contributed by atoms with van der Waals surface area (Å²) in [4.78, 5) is 3.79. The first-order valence-corrected chi connectivity index (χ1v) is 5.48. The maximum Gasteiger partial charge on any atom is 0.271 e. The first-order chi connectivity index (χ1) is 6.14. The summed E-state index contributed by atoms with van der Waals surface area (Å²) in [5, 5.41) is 0. The van der Waals surface area contributed by atoms with Crippen molar-refractivity contribution in [3.63, 3.8) is 0 Å². The molecule has 5 heteroatoms. The molecule has 0 aliphatic rings. The van der Waals surface area contributed by atoms with E-state index in [1.54, 1.807) is 31.5 Å². The molecule has 0 amide bonds. The van der Waals surface area contributed by atoms with Crippen LogP contribution < -0.4 is 0 Å². The topological polar surface area (TPSA) is 56.3 Å². The Balaban J connectivity index is 2.70. The zero-order valence-corrected chi connectivity index (χ0v) is 8.12. The molecule has 0 spiro atoms. The van der Waals surface area contributed by atoms with Crippen molar-refractivity contribution in [2.75, 3.05) is 6.61 Å². The van der Waals surface area contributed by atoms with Crippen molar-refractivity contribution >= 4 is 10.1 Å². The summed E-state index contributed by atoms with van der Waals surface area (Å²) in [6, 6.07) is 3.30. The molecule has 13 heavy (non-hydrogen) atoms. The van der Waals surface area contributed by atoms with Gasteiger partial charge in [0.2, 0.25) is 0 Å². The van der Waals surface area contributed by atoms with Crippen LogP contribution >= 0.6 is 0 Å². The van der Waals surface area contributed by atoms with Crippen molar-refractivity contribution in [3.05, 3.63) is 30.1 Å². The molecular formula is C8H11NO3S. The van der Waals surface area contributed by atoms with Gasteiger partial charge in [-0.25, -0.2) is 0 Å². The molecule has 0 saturated carbocycles. The zero-order chi connectivity index (χ0) is 9.73. The first-order valence-electron chi connectivity index (χ1n) is 3.90. The second-order valence-corrected chi connectivity index (χ2v) is 4.10. The van der Waals surface area contributed by atoms with Crippen molar-refractivity contribution < 1.29 is 12.6 Å². The molecule has 1 aromatic heterocycles. The van der Waals surface area contributed by atoms with Gasteiger partial charge in [-0.15, -0.1) is 0 Å². The average Bonchev–Trinajstić information content (AvgIpc) is 2.04. The fourth-order valence-electron chi connectivity index (χ4n) is 0.904. The van der Waals surface area contributed by atoms with Crippen LogP contribution in [-0.4, -0.2) is 20.0 Å². The number of hydrogen-bond donors (Lipinski definition) is 0. The smallest absolute Gasteiger partial charge is 0.270 e. The van der Waals surface area contributed by atoms with Crippen molar-refractivity contribution in [1.29, 1.82) is 0 Å². The van der Waals surface area contributed by atoms with Crippen molar-refractivity contribution in [2.24, 2.45) is 0 Å². The molecule has 1 rings (SSSR count). The molecule has 0 aliphatic heterocycles. The number of aromatic nitrogens is 1. The summed E-state index contributed by atoms with van der Waals surface area (Å²) in [6.07, 6.45) is 3.10. The lowest BCUT2D eigenvalue weighted by molar-refractivity contribution is 0.337. The monoisotopic (exact) mass is 201 g/mol. The Morgan fingerprint density at radius 1 is 1.38 bits per heavy atom. The molecule has 4 nitrogen and oxygen atoms in total. The Morgan fingerprint density at radius 3 is 2.54 bits per heavy atom. The molecule has 1 aromatic rings. The highest BCUT2D eigenvalue weighted by atomic mass is 32.2. The Bertz CT molecular complexity index is 347. The van der Waals surface area contributed by atoms with Gasteiger partial charge in [0.25, 0.3) is 10.1 Å². The molecule has 0 radical (unpaired) electrons. The van der Waals surface area contributed by atoms with Crippen LogP contribution in [0.2, 0.25) is 0 Å². The molecule has 0 fully saturated rings. The van der Waals surface area contributed by atoms with Crippen molar-refractivity contribution in [1.82, 2.24) is 4.98 Å². The fraction of sp³-hybridized carbons (Fsp3) is 0.375. The van der Waals surface area contributed by atoms with Crippen molar-refractivity contribution in [3.8, 4) is 0 Å². The highest BCUT2D eigenvalue weighted by Gasteiger charge is 2.10. The molecule has 0 unspecified atom stereocenters. The highest BCUT2D eigenvalue weighted by molar-refractivity contribution is 7.85. The Hall–Kier alpha value is -0.940. The van der Waals surface area contributed by atoms with E-state index in [4.69, 9.17) is 0 Å². The summed E-state index contributed by atoms with van der Waals surface area (Å²) in [6.45, 7) is 1.82. The van der Waals surface area contributed by atoms with E-state index in [0.717, 1.165) is 0 Å². The third-order valence-electron chi connectivity index (χ3n) is 1.39. The van der Waals surface area contributed by atoms with Gasteiger partial charge in [0.1, 0.15) is 5.75 Å². The second kappa shape index (κ2) is 4.34. The molecule has 1 heterocycles. The van der Waals surface area contributed by atoms with Crippen LogP contribution in [0.4, 0.5) is 0 Å². The number of rotatable bonds is 4. The minimum absolute atomic E-state index is 0.0939. The molecule has 0 saturated heterocycles. The second-order valence-electron chi connectivity index (χ2n) is 2.46. The number of nitrogens with zero attached hydrogens (tertiary/aromatic N) is 1. The molecule has 0 aromatic carbocycles. The van der Waals surface area contributed by atoms with E-state index in [-0.39, 0.29) is 12.4 Å². The van der Waals surface area contributed by atoms with Gasteiger partial charge in [0.15, 0.2) is 0 Å². The predicted molar refractivity (Wildman–Crippen MR) is 48.5 cm³/mol. The summed E-state index contributed by atoms with van der Waals surface area (Å²) >= 11 is 0. The third-order valence-corrected chi connectivity index (χ3v) is 2.67. The number of pyridine rings is 1. The maximum absolute atomic E-state index is 11.2. The van der Waals surface area contributed by atoms with Gasteiger partial charge < -0.3 is 0 Å². The maximum atomic E-state index is 11.2. The standard InChI is InChI=1S/C8H11NO3S/c1-2-12-13(10,11)7-8-3-5-9-6-4-8/h3-6H,2,7H2,1H3. The van der Waals surface area contributed by atoms with E-state index in [9.17, 15) is 8.42 Å². The highest BCUT2D eigenvalue weighted by Crippen LogP contribution is 2.05. The van der Waals surface area contributed by atoms with Crippen LogP contribution in [0.1, 0.15) is 12.5 Å². The van der Waals surface area contributed by atoms with Crippen LogP contribution in [-0.2, 0) is 20.1 Å². The van der Waals surface area contributed by atoms with Crippen LogP contribution in [0, 0.1) is 0 Å². The molecule has 0 atom stereocenters. The van der Waals surface area contributed by atoms with Crippen LogP contribution in [0.5, 0.6) is 0 Å². The lowest BCUT2D eigenvalue weighted by Gasteiger charge is -2.02. The SMILES string of the molecule is CCOS(=O)(=O)Cc1ccncc1. The quantitative estimate of drug-likeness (QED) is 0.680. The van der Waals surface area contributed by atoms with Gasteiger partial charge in [-0.05, 0) is 24.6 Å². The Labute approximate surface area is 77.7 Å². The van der Waals surface area contributed by atoms with Crippen molar-refractivity contribution in [2.45, 2.75) is 12.7 Å². The van der Waals surface area contributed by atoms with Gasteiger partial charge in [-0.1, -0.05) is 0 Å². The molecule has 72 valence electrons. The third kappa shape index (κ3) is 3.52. The molecular weight excluding hydrogens is 190 g/mol. The van der Waals surface area contributed by atoms with E-state index in [1.807, 2.05) is 0 Å². The van der Waals surface area contributed by atoms with Crippen LogP contribution in [0.15, 0.2) is 24.5 Å². The molecule has 0 bridgehead atoms. The van der Waals surface area contributed by atoms with Crippen LogP contribution in [0.3, 0.4) is 0 Å². The van der Waals surface area contributed by atoms with Gasteiger partial charge in [0.05, 0.1) is 6.61 Å². The fourth-order valence-corrected chi connectivity index (χ4v) is 1.95. The van der Waals surface area contributed by atoms with Gasteiger partial charge in [-0.2, -0.15) is 8.42 Å². The molecule has 0 aliphatic carbocycles. The van der Waals surface area contributed by atoms with E-state index in [2.05, 4.69) is 9.17 Å². The average molecular weight is 201 g/mol. The lowest BCUT2D eigenvalue weighted by atomic mass is 10.3. The first kappa shape index (κ1) is 10.1. The predicted octanol–water partition coefficient (Wildman–Crippen LogP) is 0.948. The van der Waals surface area contributed by atoms with Gasteiger partial charge in [0, 0.05) is 12.4 Å². The summed E-state index contributed by atoms with van der Waals surface area (Å²) in [5.41, 5.74) is 0.684. The minimum atomic E-state index is -3.41. The van der Waals surface area contributed by atoms with Gasteiger partial charge >= 0.3 is 0 Å². The largest absolute Gasteiger partial charge is 0.271 e. The summed E-state index contributed by atoms with van der Waals surface area (Å²) in [7, 11) is -3.41. The molecule has 0 N–H and O–H groups in total. The van der Waals surface area contributed by atoms with E-state index >= 15 is 0 Å². The number of hydrogen-bond acceptors (Lipinski definition) is 4. The van der Waals surface area contributed by atoms with Crippen LogP contribution in [0.25, 0.3) is 0 Å².